The standard InChI is InChI=1S/C12H14BrClINO/c1-8(14)5-6-16(2)12(17)10-7-9(15)3-4-11(10)13/h3-4,7-8H,5-6H2,1-2H3. The number of halogens is 3. The molecule has 0 saturated heterocycles. The van der Waals surface area contributed by atoms with Gasteiger partial charge in [-0.1, -0.05) is 0 Å². The third-order valence-corrected chi connectivity index (χ3v) is 3.95. The van der Waals surface area contributed by atoms with Crippen molar-refractivity contribution >= 4 is 56.0 Å². The number of carbonyl (C=O) groups excluding carboxylic acids is 1. The predicted octanol–water partition coefficient (Wildman–Crippen LogP) is 4.14. The smallest absolute Gasteiger partial charge is 0.254 e. The molecular weight excluding hydrogens is 416 g/mol. The first-order chi connectivity index (χ1) is 7.91. The van der Waals surface area contributed by atoms with Gasteiger partial charge in [0.05, 0.1) is 5.56 Å². The fourth-order valence-corrected chi connectivity index (χ4v) is 2.35. The van der Waals surface area contributed by atoms with Crippen LogP contribution in [0, 0.1) is 3.57 Å². The monoisotopic (exact) mass is 429 g/mol. The van der Waals surface area contributed by atoms with Gasteiger partial charge in [-0.05, 0) is 70.1 Å². The van der Waals surface area contributed by atoms with Crippen LogP contribution in [0.15, 0.2) is 22.7 Å². The Hall–Kier alpha value is 0.190. The minimum atomic E-state index is 0.0210. The molecule has 0 aromatic heterocycles. The van der Waals surface area contributed by atoms with E-state index < -0.39 is 0 Å². The van der Waals surface area contributed by atoms with E-state index in [0.717, 1.165) is 14.5 Å². The number of carbonyl (C=O) groups is 1. The molecule has 0 N–H and O–H groups in total. The third kappa shape index (κ3) is 4.75. The molecule has 0 aliphatic carbocycles. The van der Waals surface area contributed by atoms with E-state index in [9.17, 15) is 4.79 Å². The maximum Gasteiger partial charge on any atom is 0.254 e. The molecule has 1 aromatic rings. The van der Waals surface area contributed by atoms with Crippen LogP contribution >= 0.6 is 50.1 Å². The van der Waals surface area contributed by atoms with Crippen LogP contribution in [0.5, 0.6) is 0 Å². The van der Waals surface area contributed by atoms with Crippen molar-refractivity contribution in [3.05, 3.63) is 31.8 Å². The van der Waals surface area contributed by atoms with Crippen molar-refractivity contribution in [2.45, 2.75) is 18.7 Å². The summed E-state index contributed by atoms with van der Waals surface area (Å²) in [7, 11) is 1.80. The number of rotatable bonds is 4. The quantitative estimate of drug-likeness (QED) is 0.519. The van der Waals surface area contributed by atoms with Gasteiger partial charge in [-0.25, -0.2) is 0 Å². The second kappa shape index (κ2) is 6.95. The molecule has 1 amide bonds. The van der Waals surface area contributed by atoms with Gasteiger partial charge >= 0.3 is 0 Å². The third-order valence-electron chi connectivity index (χ3n) is 2.37. The Bertz CT molecular complexity index is 411. The summed E-state index contributed by atoms with van der Waals surface area (Å²) in [4.78, 5) is 13.9. The minimum absolute atomic E-state index is 0.0210. The number of benzene rings is 1. The average Bonchev–Trinajstić information content (AvgIpc) is 2.28. The number of amides is 1. The summed E-state index contributed by atoms with van der Waals surface area (Å²) < 4.78 is 1.88. The first-order valence-electron chi connectivity index (χ1n) is 5.26. The van der Waals surface area contributed by atoms with Crippen molar-refractivity contribution in [2.24, 2.45) is 0 Å². The molecule has 0 fully saturated rings. The second-order valence-electron chi connectivity index (χ2n) is 3.92. The number of hydrogen-bond donors (Lipinski definition) is 0. The number of alkyl halides is 1. The highest BCUT2D eigenvalue weighted by molar-refractivity contribution is 14.1. The number of hydrogen-bond acceptors (Lipinski definition) is 1. The molecule has 1 atom stereocenters. The summed E-state index contributed by atoms with van der Waals surface area (Å²) in [6.45, 7) is 2.60. The molecule has 0 aliphatic heterocycles. The summed E-state index contributed by atoms with van der Waals surface area (Å²) in [5.41, 5.74) is 0.696. The molecule has 2 nitrogen and oxygen atoms in total. The van der Waals surface area contributed by atoms with Gasteiger partial charge in [0, 0.05) is 27.0 Å². The zero-order valence-corrected chi connectivity index (χ0v) is 14.2. The molecule has 1 aromatic carbocycles. The first-order valence-corrected chi connectivity index (χ1v) is 7.57. The van der Waals surface area contributed by atoms with Crippen molar-refractivity contribution in [3.8, 4) is 0 Å². The van der Waals surface area contributed by atoms with E-state index in [0.29, 0.717) is 12.1 Å². The van der Waals surface area contributed by atoms with Crippen LogP contribution in [0.2, 0.25) is 0 Å². The summed E-state index contributed by atoms with van der Waals surface area (Å²) in [6.07, 6.45) is 0.797. The molecule has 1 unspecified atom stereocenters. The Balaban J connectivity index is 2.78. The highest BCUT2D eigenvalue weighted by Crippen LogP contribution is 2.21. The highest BCUT2D eigenvalue weighted by Gasteiger charge is 2.15. The van der Waals surface area contributed by atoms with E-state index in [-0.39, 0.29) is 11.3 Å². The lowest BCUT2D eigenvalue weighted by Gasteiger charge is -2.18. The molecule has 0 saturated carbocycles. The Morgan fingerprint density at radius 1 is 1.59 bits per heavy atom. The van der Waals surface area contributed by atoms with Crippen molar-refractivity contribution in [1.82, 2.24) is 4.90 Å². The van der Waals surface area contributed by atoms with E-state index >= 15 is 0 Å². The largest absolute Gasteiger partial charge is 0.342 e. The average molecular weight is 431 g/mol. The zero-order chi connectivity index (χ0) is 13.0. The highest BCUT2D eigenvalue weighted by atomic mass is 127. The molecule has 17 heavy (non-hydrogen) atoms. The predicted molar refractivity (Wildman–Crippen MR) is 83.8 cm³/mol. The van der Waals surface area contributed by atoms with Gasteiger partial charge < -0.3 is 4.90 Å². The van der Waals surface area contributed by atoms with Gasteiger partial charge in [0.25, 0.3) is 5.91 Å². The molecule has 0 heterocycles. The topological polar surface area (TPSA) is 20.3 Å². The lowest BCUT2D eigenvalue weighted by molar-refractivity contribution is 0.0792. The SMILES string of the molecule is CC(Cl)CCN(C)C(=O)c1cc(I)ccc1Br. The second-order valence-corrected chi connectivity index (χ2v) is 6.77. The molecule has 0 radical (unpaired) electrons. The summed E-state index contributed by atoms with van der Waals surface area (Å²) in [5, 5.41) is 0.0876. The van der Waals surface area contributed by atoms with Crippen LogP contribution in [-0.2, 0) is 0 Å². The summed E-state index contributed by atoms with van der Waals surface area (Å²) in [5.74, 6) is 0.0210. The summed E-state index contributed by atoms with van der Waals surface area (Å²) in [6, 6.07) is 5.74. The van der Waals surface area contributed by atoms with Crippen LogP contribution in [0.4, 0.5) is 0 Å². The van der Waals surface area contributed by atoms with Gasteiger partial charge in [-0.2, -0.15) is 0 Å². The lowest BCUT2D eigenvalue weighted by atomic mass is 10.2. The number of nitrogens with zero attached hydrogens (tertiary/aromatic N) is 1. The van der Waals surface area contributed by atoms with Crippen LogP contribution in [0.1, 0.15) is 23.7 Å². The van der Waals surface area contributed by atoms with E-state index in [2.05, 4.69) is 38.5 Å². The zero-order valence-electron chi connectivity index (χ0n) is 9.71. The van der Waals surface area contributed by atoms with Gasteiger partial charge in [0.1, 0.15) is 0 Å². The van der Waals surface area contributed by atoms with Crippen LogP contribution in [0.3, 0.4) is 0 Å². The molecule has 0 spiro atoms. The van der Waals surface area contributed by atoms with E-state index in [1.807, 2.05) is 25.1 Å². The maximum atomic E-state index is 12.2. The first kappa shape index (κ1) is 15.2. The van der Waals surface area contributed by atoms with Crippen LogP contribution in [0.25, 0.3) is 0 Å². The van der Waals surface area contributed by atoms with E-state index in [1.165, 1.54) is 0 Å². The van der Waals surface area contributed by atoms with Crippen molar-refractivity contribution in [1.29, 1.82) is 0 Å². The Kier molecular flexibility index (Phi) is 6.23. The van der Waals surface area contributed by atoms with Gasteiger partial charge in [0.2, 0.25) is 0 Å². The van der Waals surface area contributed by atoms with Gasteiger partial charge in [0.15, 0.2) is 0 Å². The van der Waals surface area contributed by atoms with Gasteiger partial charge in [-0.3, -0.25) is 4.79 Å². The molecule has 94 valence electrons. The summed E-state index contributed by atoms with van der Waals surface area (Å²) >= 11 is 11.5. The molecular formula is C12H14BrClINO. The van der Waals surface area contributed by atoms with Crippen molar-refractivity contribution in [2.75, 3.05) is 13.6 Å². The fraction of sp³-hybridized carbons (Fsp3) is 0.417. The Morgan fingerprint density at radius 3 is 2.82 bits per heavy atom. The molecule has 1 rings (SSSR count). The Labute approximate surface area is 129 Å². The van der Waals surface area contributed by atoms with Crippen LogP contribution < -0.4 is 0 Å². The Morgan fingerprint density at radius 2 is 2.24 bits per heavy atom. The minimum Gasteiger partial charge on any atom is -0.342 e. The maximum absolute atomic E-state index is 12.2. The normalized spacial score (nSPS) is 12.3. The lowest BCUT2D eigenvalue weighted by Crippen LogP contribution is -2.29. The van der Waals surface area contributed by atoms with Crippen molar-refractivity contribution in [3.63, 3.8) is 0 Å². The van der Waals surface area contributed by atoms with E-state index in [1.54, 1.807) is 11.9 Å². The molecule has 5 heteroatoms. The van der Waals surface area contributed by atoms with Crippen LogP contribution in [-0.4, -0.2) is 29.8 Å². The fourth-order valence-electron chi connectivity index (χ4n) is 1.34. The van der Waals surface area contributed by atoms with Gasteiger partial charge in [-0.15, -0.1) is 11.6 Å². The molecule has 0 aliphatic rings. The van der Waals surface area contributed by atoms with E-state index in [4.69, 9.17) is 11.6 Å². The molecule has 0 bridgehead atoms. The van der Waals surface area contributed by atoms with Crippen molar-refractivity contribution < 1.29 is 4.79 Å².